The number of hydrogen-bond acceptors (Lipinski definition) is 2. The topological polar surface area (TPSA) is 56.7 Å². The van der Waals surface area contributed by atoms with Crippen LogP contribution in [0.15, 0.2) is 29.3 Å². The van der Waals surface area contributed by atoms with Crippen LogP contribution < -0.4 is 10.6 Å². The molecule has 1 aliphatic heterocycles. The third-order valence-electron chi connectivity index (χ3n) is 6.40. The highest BCUT2D eigenvalue weighted by Crippen LogP contribution is 2.42. The van der Waals surface area contributed by atoms with Crippen molar-refractivity contribution in [2.45, 2.75) is 65.3 Å². The maximum absolute atomic E-state index is 12.6. The molecule has 2 fully saturated rings. The Bertz CT molecular complexity index is 658. The Labute approximate surface area is 193 Å². The average molecular weight is 512 g/mol. The van der Waals surface area contributed by atoms with Gasteiger partial charge in [0.1, 0.15) is 0 Å². The van der Waals surface area contributed by atoms with Crippen molar-refractivity contribution in [3.05, 3.63) is 35.4 Å². The predicted octanol–water partition coefficient (Wildman–Crippen LogP) is 4.57. The van der Waals surface area contributed by atoms with Gasteiger partial charge >= 0.3 is 0 Å². The molecule has 1 aromatic carbocycles. The predicted molar refractivity (Wildman–Crippen MR) is 131 cm³/mol. The number of piperidine rings is 1. The van der Waals surface area contributed by atoms with Crippen LogP contribution in [0.4, 0.5) is 0 Å². The van der Waals surface area contributed by atoms with Gasteiger partial charge in [0.25, 0.3) is 5.91 Å². The number of amides is 1. The highest BCUT2D eigenvalue weighted by molar-refractivity contribution is 14.0. The molecule has 1 saturated heterocycles. The summed E-state index contributed by atoms with van der Waals surface area (Å²) in [6, 6.07) is 7.96. The second kappa shape index (κ2) is 11.8. The molecule has 0 bridgehead atoms. The normalized spacial score (nSPS) is 18.4. The van der Waals surface area contributed by atoms with E-state index >= 15 is 0 Å². The second-order valence-electron chi connectivity index (χ2n) is 8.31. The Morgan fingerprint density at radius 2 is 1.72 bits per heavy atom. The Hall–Kier alpha value is -1.31. The Balaban J connectivity index is 0.00000300. The molecule has 162 valence electrons. The van der Waals surface area contributed by atoms with E-state index in [1.807, 2.05) is 29.2 Å². The third-order valence-corrected chi connectivity index (χ3v) is 6.40. The lowest BCUT2D eigenvalue weighted by atomic mass is 9.67. The maximum Gasteiger partial charge on any atom is 0.253 e. The number of nitrogens with one attached hydrogen (secondary N) is 2. The van der Waals surface area contributed by atoms with Crippen molar-refractivity contribution in [1.29, 1.82) is 0 Å². The number of rotatable bonds is 7. The molecule has 0 radical (unpaired) electrons. The van der Waals surface area contributed by atoms with Crippen LogP contribution in [0, 0.1) is 5.41 Å². The van der Waals surface area contributed by atoms with Crippen molar-refractivity contribution < 1.29 is 4.79 Å². The van der Waals surface area contributed by atoms with Crippen molar-refractivity contribution in [1.82, 2.24) is 15.5 Å². The van der Waals surface area contributed by atoms with E-state index in [9.17, 15) is 4.79 Å². The number of carbonyl (C=O) groups is 1. The number of hydrogen-bond donors (Lipinski definition) is 2. The van der Waals surface area contributed by atoms with E-state index in [1.54, 1.807) is 0 Å². The Kier molecular flexibility index (Phi) is 9.72. The fraction of sp³-hybridized carbons (Fsp3) is 0.652. The van der Waals surface area contributed by atoms with E-state index in [2.05, 4.69) is 24.5 Å². The average Bonchev–Trinajstić information content (AvgIpc) is 2.72. The molecule has 0 spiro atoms. The van der Waals surface area contributed by atoms with Gasteiger partial charge < -0.3 is 15.5 Å². The van der Waals surface area contributed by atoms with E-state index in [0.717, 1.165) is 56.1 Å². The highest BCUT2D eigenvalue weighted by Gasteiger charge is 2.34. The molecule has 3 rings (SSSR count). The molecule has 1 aromatic rings. The van der Waals surface area contributed by atoms with E-state index in [-0.39, 0.29) is 29.9 Å². The van der Waals surface area contributed by atoms with Crippen LogP contribution in [0.1, 0.15) is 74.7 Å². The molecule has 0 unspecified atom stereocenters. The van der Waals surface area contributed by atoms with Crippen molar-refractivity contribution >= 4 is 35.8 Å². The summed E-state index contributed by atoms with van der Waals surface area (Å²) in [6.45, 7) is 8.64. The van der Waals surface area contributed by atoms with Crippen LogP contribution in [-0.2, 0) is 6.54 Å². The van der Waals surface area contributed by atoms with Crippen LogP contribution in [0.25, 0.3) is 0 Å². The molecule has 2 aliphatic rings. The van der Waals surface area contributed by atoms with Crippen molar-refractivity contribution in [2.75, 3.05) is 26.2 Å². The van der Waals surface area contributed by atoms with Gasteiger partial charge in [0.15, 0.2) is 5.96 Å². The fourth-order valence-corrected chi connectivity index (χ4v) is 4.15. The molecule has 0 atom stereocenters. The summed E-state index contributed by atoms with van der Waals surface area (Å²) in [6.07, 6.45) is 8.71. The minimum absolute atomic E-state index is 0. The van der Waals surface area contributed by atoms with Gasteiger partial charge in [0.05, 0.1) is 6.54 Å². The smallest absolute Gasteiger partial charge is 0.253 e. The monoisotopic (exact) mass is 512 g/mol. The molecule has 0 aromatic heterocycles. The molecule has 6 heteroatoms. The summed E-state index contributed by atoms with van der Waals surface area (Å²) in [7, 11) is 0. The summed E-state index contributed by atoms with van der Waals surface area (Å²) in [5.74, 6) is 1.05. The number of carbonyl (C=O) groups excluding carboxylic acids is 1. The first-order valence-corrected chi connectivity index (χ1v) is 11.1. The second-order valence-corrected chi connectivity index (χ2v) is 8.31. The number of likely N-dealkylation sites (tertiary alicyclic amines) is 1. The van der Waals surface area contributed by atoms with Crippen molar-refractivity contribution in [3.8, 4) is 0 Å². The third kappa shape index (κ3) is 6.59. The molecule has 1 amide bonds. The summed E-state index contributed by atoms with van der Waals surface area (Å²) >= 11 is 0. The highest BCUT2D eigenvalue weighted by atomic mass is 127. The Morgan fingerprint density at radius 1 is 1.03 bits per heavy atom. The summed E-state index contributed by atoms with van der Waals surface area (Å²) in [4.78, 5) is 19.3. The molecule has 1 saturated carbocycles. The minimum Gasteiger partial charge on any atom is -0.357 e. The van der Waals surface area contributed by atoms with Crippen molar-refractivity contribution in [3.63, 3.8) is 0 Å². The zero-order valence-electron chi connectivity index (χ0n) is 18.0. The molecular formula is C23H37IN4O. The Morgan fingerprint density at radius 3 is 2.28 bits per heavy atom. The zero-order chi connectivity index (χ0) is 19.8. The van der Waals surface area contributed by atoms with E-state index < -0.39 is 0 Å². The summed E-state index contributed by atoms with van der Waals surface area (Å²) in [5.41, 5.74) is 2.38. The summed E-state index contributed by atoms with van der Waals surface area (Å²) in [5, 5.41) is 6.88. The number of nitrogens with zero attached hydrogens (tertiary/aromatic N) is 2. The van der Waals surface area contributed by atoms with Gasteiger partial charge in [-0.1, -0.05) is 25.5 Å². The quantitative estimate of drug-likeness (QED) is 0.320. The van der Waals surface area contributed by atoms with Gasteiger partial charge in [-0.2, -0.15) is 0 Å². The number of halogens is 1. The van der Waals surface area contributed by atoms with Crippen LogP contribution in [0.5, 0.6) is 0 Å². The van der Waals surface area contributed by atoms with Gasteiger partial charge in [-0.05, 0) is 68.6 Å². The first-order chi connectivity index (χ1) is 13.7. The molecule has 5 nitrogen and oxygen atoms in total. The lowest BCUT2D eigenvalue weighted by Crippen LogP contribution is -2.46. The van der Waals surface area contributed by atoms with Gasteiger partial charge in [-0.25, -0.2) is 4.99 Å². The number of guanidine groups is 1. The zero-order valence-corrected chi connectivity index (χ0v) is 20.3. The van der Waals surface area contributed by atoms with Crippen LogP contribution in [-0.4, -0.2) is 42.9 Å². The lowest BCUT2D eigenvalue weighted by molar-refractivity contribution is 0.0724. The molecule has 1 aliphatic carbocycles. The maximum atomic E-state index is 12.6. The molecule has 1 heterocycles. The van der Waals surface area contributed by atoms with Gasteiger partial charge in [-0.3, -0.25) is 4.79 Å². The first kappa shape index (κ1) is 24.0. The van der Waals surface area contributed by atoms with E-state index in [1.165, 1.54) is 32.1 Å². The van der Waals surface area contributed by atoms with Crippen LogP contribution >= 0.6 is 24.0 Å². The van der Waals surface area contributed by atoms with E-state index in [4.69, 9.17) is 4.99 Å². The fourth-order valence-electron chi connectivity index (χ4n) is 4.15. The van der Waals surface area contributed by atoms with Crippen LogP contribution in [0.3, 0.4) is 0 Å². The number of benzene rings is 1. The molecular weight excluding hydrogens is 475 g/mol. The standard InChI is InChI=1S/C23H36N4O.HI/c1-3-23(13-8-14-23)18-26-22(24-4-2)25-17-19-9-11-20(12-10-19)21(28)27-15-6-5-7-16-27;/h9-12H,3-8,13-18H2,1-2H3,(H2,24,25,26);1H. The molecule has 29 heavy (non-hydrogen) atoms. The van der Waals surface area contributed by atoms with Gasteiger partial charge in [0, 0.05) is 31.7 Å². The van der Waals surface area contributed by atoms with Crippen molar-refractivity contribution in [2.24, 2.45) is 10.4 Å². The van der Waals surface area contributed by atoms with Gasteiger partial charge in [-0.15, -0.1) is 24.0 Å². The summed E-state index contributed by atoms with van der Waals surface area (Å²) < 4.78 is 0. The SMILES string of the molecule is CCNC(=NCc1ccc(C(=O)N2CCCCC2)cc1)NCC1(CC)CCC1.I. The molecule has 2 N–H and O–H groups in total. The first-order valence-electron chi connectivity index (χ1n) is 11.1. The van der Waals surface area contributed by atoms with E-state index in [0.29, 0.717) is 12.0 Å². The number of aliphatic imine (C=N–C) groups is 1. The minimum atomic E-state index is 0. The van der Waals surface area contributed by atoms with Gasteiger partial charge in [0.2, 0.25) is 0 Å². The lowest BCUT2D eigenvalue weighted by Gasteiger charge is -2.41. The largest absolute Gasteiger partial charge is 0.357 e. The van der Waals surface area contributed by atoms with Crippen LogP contribution in [0.2, 0.25) is 0 Å².